The maximum atomic E-state index is 13.1. The van der Waals surface area contributed by atoms with E-state index in [0.29, 0.717) is 18.7 Å². The molecule has 1 atom stereocenters. The molecule has 3 aromatic rings. The maximum Gasteiger partial charge on any atom is 0.339 e. The number of hydrogen-bond acceptors (Lipinski definition) is 5. The summed E-state index contributed by atoms with van der Waals surface area (Å²) in [6.07, 6.45) is -0.536. The van der Waals surface area contributed by atoms with E-state index >= 15 is 0 Å². The molecule has 1 saturated heterocycles. The molecule has 0 saturated carbocycles. The lowest BCUT2D eigenvalue weighted by Crippen LogP contribution is -2.50. The molecule has 1 fully saturated rings. The van der Waals surface area contributed by atoms with Gasteiger partial charge in [-0.2, -0.15) is 4.31 Å². The van der Waals surface area contributed by atoms with Crippen LogP contribution in [0, 0.1) is 0 Å². The number of nitrogens with zero attached hydrogens (tertiary/aromatic N) is 2. The van der Waals surface area contributed by atoms with E-state index in [1.165, 1.54) is 4.31 Å². The van der Waals surface area contributed by atoms with Gasteiger partial charge in [0, 0.05) is 31.7 Å². The minimum absolute atomic E-state index is 0.0557. The average Bonchev–Trinajstić information content (AvgIpc) is 3.14. The van der Waals surface area contributed by atoms with Crippen LogP contribution in [-0.2, 0) is 19.6 Å². The van der Waals surface area contributed by atoms with E-state index in [1.807, 2.05) is 36.4 Å². The van der Waals surface area contributed by atoms with Crippen LogP contribution in [0.3, 0.4) is 0 Å². The fourth-order valence-corrected chi connectivity index (χ4v) is 5.77. The monoisotopic (exact) mass is 450 g/mol. The SMILES string of the molecule is O=C1O[C@@H](CC(=O)N2CCN(S(=O)(=O)c3ccc4ccccc4c3)CC2)c2ccccc21. The Morgan fingerprint density at radius 1 is 0.906 bits per heavy atom. The molecule has 2 heterocycles. The number of hydrogen-bond donors (Lipinski definition) is 0. The van der Waals surface area contributed by atoms with E-state index in [-0.39, 0.29) is 30.3 Å². The van der Waals surface area contributed by atoms with Crippen molar-refractivity contribution in [1.29, 1.82) is 0 Å². The van der Waals surface area contributed by atoms with E-state index in [9.17, 15) is 18.0 Å². The van der Waals surface area contributed by atoms with Crippen molar-refractivity contribution in [2.45, 2.75) is 17.4 Å². The Labute approximate surface area is 186 Å². The standard InChI is InChI=1S/C24H22N2O5S/c27-23(16-22-20-7-3-4-8-21(20)24(28)31-22)25-11-13-26(14-12-25)32(29,30)19-10-9-17-5-1-2-6-18(17)15-19/h1-10,15,22H,11-14,16H2/t22-/m0/s1. The minimum atomic E-state index is -3.65. The molecule has 2 aliphatic rings. The van der Waals surface area contributed by atoms with Crippen molar-refractivity contribution in [1.82, 2.24) is 9.21 Å². The first-order valence-electron chi connectivity index (χ1n) is 10.5. The highest BCUT2D eigenvalue weighted by atomic mass is 32.2. The Morgan fingerprint density at radius 2 is 1.59 bits per heavy atom. The van der Waals surface area contributed by atoms with Gasteiger partial charge in [-0.05, 0) is 29.0 Å². The lowest BCUT2D eigenvalue weighted by molar-refractivity contribution is -0.134. The molecule has 0 unspecified atom stereocenters. The normalized spacial score (nSPS) is 19.1. The average molecular weight is 451 g/mol. The molecule has 164 valence electrons. The smallest absolute Gasteiger partial charge is 0.339 e. The van der Waals surface area contributed by atoms with Gasteiger partial charge < -0.3 is 9.64 Å². The van der Waals surface area contributed by atoms with Crippen LogP contribution in [0.2, 0.25) is 0 Å². The van der Waals surface area contributed by atoms with Crippen LogP contribution in [-0.4, -0.2) is 55.7 Å². The zero-order chi connectivity index (χ0) is 22.3. The number of cyclic esters (lactones) is 1. The summed E-state index contributed by atoms with van der Waals surface area (Å²) in [5.74, 6) is -0.563. The van der Waals surface area contributed by atoms with E-state index in [2.05, 4.69) is 0 Å². The Balaban J connectivity index is 1.24. The van der Waals surface area contributed by atoms with Crippen LogP contribution in [0.25, 0.3) is 10.8 Å². The summed E-state index contributed by atoms with van der Waals surface area (Å²) in [6.45, 7) is 1.05. The van der Waals surface area contributed by atoms with E-state index in [0.717, 1.165) is 16.3 Å². The number of amides is 1. The zero-order valence-electron chi connectivity index (χ0n) is 17.3. The maximum absolute atomic E-state index is 13.1. The molecule has 32 heavy (non-hydrogen) atoms. The largest absolute Gasteiger partial charge is 0.453 e. The quantitative estimate of drug-likeness (QED) is 0.571. The van der Waals surface area contributed by atoms with Gasteiger partial charge in [-0.25, -0.2) is 13.2 Å². The number of benzene rings is 3. The molecule has 1 amide bonds. The summed E-state index contributed by atoms with van der Waals surface area (Å²) in [7, 11) is -3.65. The van der Waals surface area contributed by atoms with Gasteiger partial charge in [0.15, 0.2) is 0 Å². The molecular formula is C24H22N2O5S. The van der Waals surface area contributed by atoms with Gasteiger partial charge >= 0.3 is 5.97 Å². The number of carbonyl (C=O) groups is 2. The molecule has 0 bridgehead atoms. The molecular weight excluding hydrogens is 428 g/mol. The van der Waals surface area contributed by atoms with Gasteiger partial charge in [-0.1, -0.05) is 48.5 Å². The van der Waals surface area contributed by atoms with Crippen LogP contribution in [0.5, 0.6) is 0 Å². The summed E-state index contributed by atoms with van der Waals surface area (Å²) >= 11 is 0. The number of esters is 1. The number of ether oxygens (including phenoxy) is 1. The first-order valence-corrected chi connectivity index (χ1v) is 11.9. The van der Waals surface area contributed by atoms with Crippen molar-refractivity contribution in [2.24, 2.45) is 0 Å². The third-order valence-corrected chi connectivity index (χ3v) is 7.98. The van der Waals surface area contributed by atoms with Crippen molar-refractivity contribution in [3.05, 3.63) is 77.9 Å². The molecule has 0 radical (unpaired) electrons. The lowest BCUT2D eigenvalue weighted by Gasteiger charge is -2.34. The number of rotatable bonds is 4. The van der Waals surface area contributed by atoms with Crippen molar-refractivity contribution < 1.29 is 22.7 Å². The third-order valence-electron chi connectivity index (χ3n) is 6.09. The van der Waals surface area contributed by atoms with Gasteiger partial charge in [-0.3, -0.25) is 4.79 Å². The molecule has 0 aliphatic carbocycles. The highest BCUT2D eigenvalue weighted by Gasteiger charge is 2.35. The minimum Gasteiger partial charge on any atom is -0.453 e. The summed E-state index contributed by atoms with van der Waals surface area (Å²) in [6, 6.07) is 19.8. The predicted molar refractivity (Wildman–Crippen MR) is 119 cm³/mol. The summed E-state index contributed by atoms with van der Waals surface area (Å²) in [5, 5.41) is 1.85. The molecule has 0 spiro atoms. The second-order valence-corrected chi connectivity index (χ2v) is 9.92. The van der Waals surface area contributed by atoms with Gasteiger partial charge in [0.05, 0.1) is 16.9 Å². The van der Waals surface area contributed by atoms with Crippen molar-refractivity contribution >= 4 is 32.7 Å². The second kappa shape index (κ2) is 8.03. The van der Waals surface area contributed by atoms with Crippen molar-refractivity contribution in [2.75, 3.05) is 26.2 Å². The molecule has 8 heteroatoms. The molecule has 0 aromatic heterocycles. The van der Waals surface area contributed by atoms with Gasteiger partial charge in [0.1, 0.15) is 6.10 Å². The number of sulfonamides is 1. The topological polar surface area (TPSA) is 84.0 Å². The number of piperazine rings is 1. The highest BCUT2D eigenvalue weighted by Crippen LogP contribution is 2.33. The Morgan fingerprint density at radius 3 is 2.38 bits per heavy atom. The summed E-state index contributed by atoms with van der Waals surface area (Å²) < 4.78 is 33.0. The van der Waals surface area contributed by atoms with Gasteiger partial charge in [0.2, 0.25) is 15.9 Å². The van der Waals surface area contributed by atoms with E-state index < -0.39 is 22.1 Å². The zero-order valence-corrected chi connectivity index (χ0v) is 18.1. The van der Waals surface area contributed by atoms with Gasteiger partial charge in [-0.15, -0.1) is 0 Å². The molecule has 3 aromatic carbocycles. The second-order valence-electron chi connectivity index (χ2n) is 7.98. The molecule has 0 N–H and O–H groups in total. The fraction of sp³-hybridized carbons (Fsp3) is 0.250. The molecule has 7 nitrogen and oxygen atoms in total. The van der Waals surface area contributed by atoms with Crippen LogP contribution in [0.1, 0.15) is 28.4 Å². The van der Waals surface area contributed by atoms with Gasteiger partial charge in [0.25, 0.3) is 0 Å². The third kappa shape index (κ3) is 3.65. The molecule has 5 rings (SSSR count). The van der Waals surface area contributed by atoms with Crippen LogP contribution in [0.15, 0.2) is 71.6 Å². The molecule has 2 aliphatic heterocycles. The first kappa shape index (κ1) is 20.7. The summed E-state index contributed by atoms with van der Waals surface area (Å²) in [4.78, 5) is 26.7. The van der Waals surface area contributed by atoms with Crippen molar-refractivity contribution in [3.63, 3.8) is 0 Å². The van der Waals surface area contributed by atoms with E-state index in [1.54, 1.807) is 35.2 Å². The Bertz CT molecular complexity index is 1310. The summed E-state index contributed by atoms with van der Waals surface area (Å²) in [5.41, 5.74) is 1.22. The number of carbonyl (C=O) groups excluding carboxylic acids is 2. The number of fused-ring (bicyclic) bond motifs is 2. The lowest BCUT2D eigenvalue weighted by atomic mass is 10.0. The van der Waals surface area contributed by atoms with Crippen LogP contribution in [0.4, 0.5) is 0 Å². The Kier molecular flexibility index (Phi) is 5.19. The van der Waals surface area contributed by atoms with Crippen LogP contribution < -0.4 is 0 Å². The Hall–Kier alpha value is -3.23. The fourth-order valence-electron chi connectivity index (χ4n) is 4.31. The van der Waals surface area contributed by atoms with Crippen LogP contribution >= 0.6 is 0 Å². The van der Waals surface area contributed by atoms with Crippen molar-refractivity contribution in [3.8, 4) is 0 Å². The predicted octanol–water partition coefficient (Wildman–Crippen LogP) is 2.97. The highest BCUT2D eigenvalue weighted by molar-refractivity contribution is 7.89. The van der Waals surface area contributed by atoms with E-state index in [4.69, 9.17) is 4.74 Å². The first-order chi connectivity index (χ1) is 15.4.